The topological polar surface area (TPSA) is 73.1 Å². The minimum absolute atomic E-state index is 0.359. The molecule has 18 heavy (non-hydrogen) atoms. The molecule has 1 aromatic heterocycles. The first-order valence-corrected chi connectivity index (χ1v) is 6.37. The zero-order valence-corrected chi connectivity index (χ0v) is 11.4. The summed E-state index contributed by atoms with van der Waals surface area (Å²) in [5.74, 6) is 6.75. The third kappa shape index (κ3) is 2.47. The molecule has 2 rings (SSSR count). The van der Waals surface area contributed by atoms with Gasteiger partial charge < -0.3 is 10.2 Å². The van der Waals surface area contributed by atoms with Crippen LogP contribution in [-0.4, -0.2) is 17.1 Å². The SMILES string of the molecule is COC1(c2nccc(NN)n2)CCC(C)(C)CC1. The normalized spacial score (nSPS) is 21.6. The lowest BCUT2D eigenvalue weighted by atomic mass is 9.70. The van der Waals surface area contributed by atoms with Gasteiger partial charge in [-0.05, 0) is 31.1 Å². The van der Waals surface area contributed by atoms with Gasteiger partial charge in [0.25, 0.3) is 0 Å². The number of nitrogens with zero attached hydrogens (tertiary/aromatic N) is 2. The highest BCUT2D eigenvalue weighted by molar-refractivity contribution is 5.31. The molecule has 1 heterocycles. The molecule has 0 radical (unpaired) electrons. The van der Waals surface area contributed by atoms with E-state index in [1.54, 1.807) is 19.4 Å². The van der Waals surface area contributed by atoms with Gasteiger partial charge >= 0.3 is 0 Å². The Kier molecular flexibility index (Phi) is 3.54. The molecule has 0 amide bonds. The number of aromatic nitrogens is 2. The number of ether oxygens (including phenoxy) is 1. The minimum Gasteiger partial charge on any atom is -0.370 e. The number of nitrogen functional groups attached to an aromatic ring is 1. The molecule has 0 aromatic carbocycles. The van der Waals surface area contributed by atoms with Gasteiger partial charge in [0, 0.05) is 19.4 Å². The number of nitrogens with two attached hydrogens (primary N) is 1. The largest absolute Gasteiger partial charge is 0.370 e. The zero-order chi connectivity index (χ0) is 13.2. The van der Waals surface area contributed by atoms with Crippen molar-refractivity contribution in [1.82, 2.24) is 9.97 Å². The second-order valence-electron chi connectivity index (χ2n) is 5.77. The molecular weight excluding hydrogens is 228 g/mol. The van der Waals surface area contributed by atoms with Crippen LogP contribution in [-0.2, 0) is 10.3 Å². The van der Waals surface area contributed by atoms with Gasteiger partial charge in [0.1, 0.15) is 11.4 Å². The highest BCUT2D eigenvalue weighted by Crippen LogP contribution is 2.46. The highest BCUT2D eigenvalue weighted by atomic mass is 16.5. The number of hydrogen-bond acceptors (Lipinski definition) is 5. The van der Waals surface area contributed by atoms with Gasteiger partial charge in [0.2, 0.25) is 0 Å². The van der Waals surface area contributed by atoms with Gasteiger partial charge in [-0.3, -0.25) is 0 Å². The Morgan fingerprint density at radius 1 is 1.28 bits per heavy atom. The van der Waals surface area contributed by atoms with Crippen LogP contribution in [0.2, 0.25) is 0 Å². The average Bonchev–Trinajstić information content (AvgIpc) is 2.39. The van der Waals surface area contributed by atoms with Gasteiger partial charge in [0.15, 0.2) is 5.82 Å². The van der Waals surface area contributed by atoms with E-state index in [-0.39, 0.29) is 5.60 Å². The minimum atomic E-state index is -0.359. The Bertz CT molecular complexity index is 409. The first-order valence-electron chi connectivity index (χ1n) is 6.37. The summed E-state index contributed by atoms with van der Waals surface area (Å²) < 4.78 is 5.76. The smallest absolute Gasteiger partial charge is 0.162 e. The molecule has 1 saturated carbocycles. The molecule has 1 aromatic rings. The lowest BCUT2D eigenvalue weighted by Gasteiger charge is -2.41. The fourth-order valence-electron chi connectivity index (χ4n) is 2.51. The molecule has 0 saturated heterocycles. The summed E-state index contributed by atoms with van der Waals surface area (Å²) in [7, 11) is 1.74. The van der Waals surface area contributed by atoms with E-state index in [9.17, 15) is 0 Å². The highest BCUT2D eigenvalue weighted by Gasteiger charge is 2.42. The van der Waals surface area contributed by atoms with Crippen LogP contribution in [0.25, 0.3) is 0 Å². The summed E-state index contributed by atoms with van der Waals surface area (Å²) >= 11 is 0. The molecule has 0 aliphatic heterocycles. The van der Waals surface area contributed by atoms with E-state index in [2.05, 4.69) is 29.2 Å². The van der Waals surface area contributed by atoms with Gasteiger partial charge in [-0.2, -0.15) is 0 Å². The maximum Gasteiger partial charge on any atom is 0.162 e. The predicted octanol–water partition coefficient (Wildman–Crippen LogP) is 2.20. The van der Waals surface area contributed by atoms with Crippen molar-refractivity contribution in [2.24, 2.45) is 11.3 Å². The zero-order valence-electron chi connectivity index (χ0n) is 11.4. The number of anilines is 1. The van der Waals surface area contributed by atoms with Crippen molar-refractivity contribution in [3.8, 4) is 0 Å². The van der Waals surface area contributed by atoms with Crippen molar-refractivity contribution >= 4 is 5.82 Å². The van der Waals surface area contributed by atoms with Crippen molar-refractivity contribution in [3.63, 3.8) is 0 Å². The fourth-order valence-corrected chi connectivity index (χ4v) is 2.51. The number of methoxy groups -OCH3 is 1. The quantitative estimate of drug-likeness (QED) is 0.635. The van der Waals surface area contributed by atoms with Gasteiger partial charge in [-0.25, -0.2) is 15.8 Å². The third-order valence-corrected chi connectivity index (χ3v) is 4.01. The molecule has 0 spiro atoms. The Balaban J connectivity index is 2.27. The summed E-state index contributed by atoms with van der Waals surface area (Å²) in [6.07, 6.45) is 5.85. The molecule has 0 bridgehead atoms. The Morgan fingerprint density at radius 3 is 2.50 bits per heavy atom. The lowest BCUT2D eigenvalue weighted by Crippen LogP contribution is -2.38. The monoisotopic (exact) mass is 250 g/mol. The number of rotatable bonds is 3. The van der Waals surface area contributed by atoms with E-state index in [0.717, 1.165) is 31.5 Å². The van der Waals surface area contributed by atoms with E-state index >= 15 is 0 Å². The van der Waals surface area contributed by atoms with Gasteiger partial charge in [-0.15, -0.1) is 0 Å². The Hall–Kier alpha value is -1.20. The molecule has 5 nitrogen and oxygen atoms in total. The first-order chi connectivity index (χ1) is 8.51. The van der Waals surface area contributed by atoms with Crippen LogP contribution in [0, 0.1) is 5.41 Å². The molecule has 0 atom stereocenters. The van der Waals surface area contributed by atoms with Crippen LogP contribution in [0.15, 0.2) is 12.3 Å². The average molecular weight is 250 g/mol. The van der Waals surface area contributed by atoms with Crippen molar-refractivity contribution in [1.29, 1.82) is 0 Å². The molecule has 1 aliphatic carbocycles. The Morgan fingerprint density at radius 2 is 1.94 bits per heavy atom. The summed E-state index contributed by atoms with van der Waals surface area (Å²) in [5.41, 5.74) is 2.58. The number of nitrogens with one attached hydrogen (secondary N) is 1. The second kappa shape index (κ2) is 4.82. The van der Waals surface area contributed by atoms with E-state index in [4.69, 9.17) is 10.6 Å². The van der Waals surface area contributed by atoms with Crippen molar-refractivity contribution in [3.05, 3.63) is 18.1 Å². The van der Waals surface area contributed by atoms with Gasteiger partial charge in [0.05, 0.1) is 0 Å². The summed E-state index contributed by atoms with van der Waals surface area (Å²) in [4.78, 5) is 8.80. The number of hydrazine groups is 1. The summed E-state index contributed by atoms with van der Waals surface area (Å²) in [6, 6.07) is 1.75. The van der Waals surface area contributed by atoms with Crippen molar-refractivity contribution < 1.29 is 4.74 Å². The van der Waals surface area contributed by atoms with Crippen molar-refractivity contribution in [2.75, 3.05) is 12.5 Å². The third-order valence-electron chi connectivity index (χ3n) is 4.01. The molecule has 3 N–H and O–H groups in total. The van der Waals surface area contributed by atoms with E-state index < -0.39 is 0 Å². The summed E-state index contributed by atoms with van der Waals surface area (Å²) in [6.45, 7) is 4.59. The van der Waals surface area contributed by atoms with Crippen LogP contribution in [0.5, 0.6) is 0 Å². The van der Waals surface area contributed by atoms with Crippen LogP contribution >= 0.6 is 0 Å². The van der Waals surface area contributed by atoms with E-state index in [0.29, 0.717) is 11.2 Å². The van der Waals surface area contributed by atoms with Crippen molar-refractivity contribution in [2.45, 2.75) is 45.1 Å². The molecular formula is C13H22N4O. The first kappa shape index (κ1) is 13.2. The van der Waals surface area contributed by atoms with Gasteiger partial charge in [-0.1, -0.05) is 13.8 Å². The van der Waals surface area contributed by atoms with E-state index in [1.807, 2.05) is 0 Å². The summed E-state index contributed by atoms with van der Waals surface area (Å²) in [5, 5.41) is 0. The lowest BCUT2D eigenvalue weighted by molar-refractivity contribution is -0.0728. The number of hydrogen-bond donors (Lipinski definition) is 2. The molecule has 1 aliphatic rings. The molecule has 0 unspecified atom stereocenters. The van der Waals surface area contributed by atoms with Crippen LogP contribution in [0.1, 0.15) is 45.4 Å². The van der Waals surface area contributed by atoms with Crippen LogP contribution < -0.4 is 11.3 Å². The van der Waals surface area contributed by atoms with Crippen LogP contribution in [0.4, 0.5) is 5.82 Å². The Labute approximate surface area is 108 Å². The maximum atomic E-state index is 5.76. The molecule has 100 valence electrons. The molecule has 5 heteroatoms. The predicted molar refractivity (Wildman–Crippen MR) is 70.8 cm³/mol. The standard InChI is InChI=1S/C13H22N4O/c1-12(2)5-7-13(18-3,8-6-12)11-15-9-4-10(16-11)17-14/h4,9H,5-8,14H2,1-3H3,(H,15,16,17). The maximum absolute atomic E-state index is 5.76. The second-order valence-corrected chi connectivity index (χ2v) is 5.77. The van der Waals surface area contributed by atoms with E-state index in [1.165, 1.54) is 0 Å². The van der Waals surface area contributed by atoms with Crippen LogP contribution in [0.3, 0.4) is 0 Å². The fraction of sp³-hybridized carbons (Fsp3) is 0.692. The molecule has 1 fully saturated rings.